The Morgan fingerprint density at radius 1 is 1.47 bits per heavy atom. The summed E-state index contributed by atoms with van der Waals surface area (Å²) in [6.07, 6.45) is 0.796. The number of carbonyl (C=O) groups excluding carboxylic acids is 1. The summed E-state index contributed by atoms with van der Waals surface area (Å²) in [7, 11) is 0. The zero-order chi connectivity index (χ0) is 14.3. The number of hydrogen-bond donors (Lipinski definition) is 1. The second-order valence-electron chi connectivity index (χ2n) is 4.70. The third-order valence-corrected chi connectivity index (χ3v) is 3.20. The van der Waals surface area contributed by atoms with E-state index in [-0.39, 0.29) is 5.91 Å². The molecule has 0 aromatic heterocycles. The highest BCUT2D eigenvalue weighted by molar-refractivity contribution is 9.10. The van der Waals surface area contributed by atoms with Gasteiger partial charge in [0.15, 0.2) is 0 Å². The lowest BCUT2D eigenvalue weighted by Crippen LogP contribution is -2.25. The van der Waals surface area contributed by atoms with Gasteiger partial charge < -0.3 is 10.1 Å². The van der Waals surface area contributed by atoms with Crippen molar-refractivity contribution in [3.63, 3.8) is 0 Å². The molecule has 0 radical (unpaired) electrons. The van der Waals surface area contributed by atoms with Gasteiger partial charge in [0.1, 0.15) is 0 Å². The van der Waals surface area contributed by atoms with E-state index in [2.05, 4.69) is 35.1 Å². The highest BCUT2D eigenvalue weighted by atomic mass is 79.9. The van der Waals surface area contributed by atoms with Gasteiger partial charge in [-0.3, -0.25) is 4.79 Å². The number of rotatable bonds is 7. The lowest BCUT2D eigenvalue weighted by molar-refractivity contribution is 0.0925. The minimum Gasteiger partial charge on any atom is -0.381 e. The maximum atomic E-state index is 11.9. The molecule has 1 aromatic rings. The second kappa shape index (κ2) is 8.56. The van der Waals surface area contributed by atoms with Crippen LogP contribution in [-0.4, -0.2) is 25.7 Å². The molecule has 0 aliphatic heterocycles. The average Bonchev–Trinajstić information content (AvgIpc) is 2.36. The fourth-order valence-electron chi connectivity index (χ4n) is 1.46. The summed E-state index contributed by atoms with van der Waals surface area (Å²) >= 11 is 9.30. The van der Waals surface area contributed by atoms with Crippen molar-refractivity contribution in [3.05, 3.63) is 33.3 Å². The average molecular weight is 349 g/mol. The molecule has 0 saturated carbocycles. The van der Waals surface area contributed by atoms with Crippen molar-refractivity contribution in [3.8, 4) is 0 Å². The molecule has 0 fully saturated rings. The standard InChI is InChI=1S/C14H19BrClNO2/c1-10(2)9-19-7-3-6-17-14(18)12-8-11(15)4-5-13(12)16/h4-5,8,10H,3,6-7,9H2,1-2H3,(H,17,18). The summed E-state index contributed by atoms with van der Waals surface area (Å²) in [6.45, 7) is 6.21. The van der Waals surface area contributed by atoms with Crippen LogP contribution < -0.4 is 5.32 Å². The van der Waals surface area contributed by atoms with Crippen molar-refractivity contribution in [1.29, 1.82) is 0 Å². The van der Waals surface area contributed by atoms with Crippen molar-refractivity contribution in [1.82, 2.24) is 5.32 Å². The third-order valence-electron chi connectivity index (χ3n) is 2.38. The molecule has 1 N–H and O–H groups in total. The van der Waals surface area contributed by atoms with Crippen molar-refractivity contribution in [2.75, 3.05) is 19.8 Å². The molecule has 0 bridgehead atoms. The van der Waals surface area contributed by atoms with Crippen molar-refractivity contribution in [2.45, 2.75) is 20.3 Å². The Hall–Kier alpha value is -0.580. The molecule has 0 saturated heterocycles. The van der Waals surface area contributed by atoms with E-state index in [0.717, 1.165) is 17.5 Å². The molecule has 1 rings (SSSR count). The summed E-state index contributed by atoms with van der Waals surface area (Å²) in [5, 5.41) is 3.29. The van der Waals surface area contributed by atoms with Gasteiger partial charge in [0, 0.05) is 24.2 Å². The first-order valence-corrected chi connectivity index (χ1v) is 7.48. The Balaban J connectivity index is 2.29. The van der Waals surface area contributed by atoms with Gasteiger partial charge in [-0.1, -0.05) is 41.4 Å². The number of benzene rings is 1. The zero-order valence-corrected chi connectivity index (χ0v) is 13.6. The molecule has 106 valence electrons. The topological polar surface area (TPSA) is 38.3 Å². The smallest absolute Gasteiger partial charge is 0.252 e. The molecule has 0 aliphatic rings. The van der Waals surface area contributed by atoms with E-state index in [0.29, 0.717) is 29.7 Å². The van der Waals surface area contributed by atoms with E-state index in [1.165, 1.54) is 0 Å². The SMILES string of the molecule is CC(C)COCCCNC(=O)c1cc(Br)ccc1Cl. The number of nitrogens with one attached hydrogen (secondary N) is 1. The first-order chi connectivity index (χ1) is 9.00. The fourth-order valence-corrected chi connectivity index (χ4v) is 2.03. The molecule has 1 aromatic carbocycles. The van der Waals surface area contributed by atoms with Gasteiger partial charge in [0.05, 0.1) is 10.6 Å². The predicted molar refractivity (Wildman–Crippen MR) is 81.8 cm³/mol. The Bertz CT molecular complexity index is 424. The van der Waals surface area contributed by atoms with Crippen molar-refractivity contribution in [2.24, 2.45) is 5.92 Å². The van der Waals surface area contributed by atoms with Crippen LogP contribution in [0.2, 0.25) is 5.02 Å². The zero-order valence-electron chi connectivity index (χ0n) is 11.2. The van der Waals surface area contributed by atoms with Crippen LogP contribution in [0.5, 0.6) is 0 Å². The Morgan fingerprint density at radius 2 is 2.21 bits per heavy atom. The second-order valence-corrected chi connectivity index (χ2v) is 6.03. The largest absolute Gasteiger partial charge is 0.381 e. The van der Waals surface area contributed by atoms with Gasteiger partial charge in [-0.15, -0.1) is 0 Å². The first kappa shape index (κ1) is 16.5. The monoisotopic (exact) mass is 347 g/mol. The number of amides is 1. The molecule has 0 unspecified atom stereocenters. The van der Waals surface area contributed by atoms with Crippen molar-refractivity contribution < 1.29 is 9.53 Å². The molecular formula is C14H19BrClNO2. The van der Waals surface area contributed by atoms with Gasteiger partial charge in [0.2, 0.25) is 0 Å². The highest BCUT2D eigenvalue weighted by Crippen LogP contribution is 2.20. The molecule has 0 heterocycles. The van der Waals surface area contributed by atoms with Gasteiger partial charge in [-0.25, -0.2) is 0 Å². The van der Waals surface area contributed by atoms with Gasteiger partial charge in [0.25, 0.3) is 5.91 Å². The van der Waals surface area contributed by atoms with E-state index in [9.17, 15) is 4.79 Å². The predicted octanol–water partition coefficient (Wildman–Crippen LogP) is 3.90. The van der Waals surface area contributed by atoms with Crippen LogP contribution >= 0.6 is 27.5 Å². The maximum absolute atomic E-state index is 11.9. The van der Waals surface area contributed by atoms with Crippen LogP contribution in [0.4, 0.5) is 0 Å². The summed E-state index contributed by atoms with van der Waals surface area (Å²) < 4.78 is 6.28. The summed E-state index contributed by atoms with van der Waals surface area (Å²) in [5.41, 5.74) is 0.485. The number of halogens is 2. The molecule has 0 atom stereocenters. The molecular weight excluding hydrogens is 330 g/mol. The minimum absolute atomic E-state index is 0.157. The van der Waals surface area contributed by atoms with E-state index in [1.807, 2.05) is 0 Å². The molecule has 3 nitrogen and oxygen atoms in total. The molecule has 19 heavy (non-hydrogen) atoms. The van der Waals surface area contributed by atoms with Crippen LogP contribution in [-0.2, 0) is 4.74 Å². The summed E-state index contributed by atoms with van der Waals surface area (Å²) in [6, 6.07) is 5.22. The lowest BCUT2D eigenvalue weighted by Gasteiger charge is -2.09. The van der Waals surface area contributed by atoms with Crippen LogP contribution in [0.25, 0.3) is 0 Å². The molecule has 0 aliphatic carbocycles. The normalized spacial score (nSPS) is 10.8. The lowest BCUT2D eigenvalue weighted by atomic mass is 10.2. The highest BCUT2D eigenvalue weighted by Gasteiger charge is 2.09. The fraction of sp³-hybridized carbons (Fsp3) is 0.500. The van der Waals surface area contributed by atoms with E-state index < -0.39 is 0 Å². The van der Waals surface area contributed by atoms with E-state index in [1.54, 1.807) is 18.2 Å². The minimum atomic E-state index is -0.157. The van der Waals surface area contributed by atoms with Crippen LogP contribution in [0, 0.1) is 5.92 Å². The van der Waals surface area contributed by atoms with Crippen LogP contribution in [0.3, 0.4) is 0 Å². The van der Waals surface area contributed by atoms with Gasteiger partial charge in [-0.2, -0.15) is 0 Å². The number of ether oxygens (including phenoxy) is 1. The first-order valence-electron chi connectivity index (χ1n) is 6.31. The quantitative estimate of drug-likeness (QED) is 0.759. The van der Waals surface area contributed by atoms with Crippen LogP contribution in [0.15, 0.2) is 22.7 Å². The maximum Gasteiger partial charge on any atom is 0.252 e. The van der Waals surface area contributed by atoms with Crippen molar-refractivity contribution >= 4 is 33.4 Å². The number of carbonyl (C=O) groups is 1. The molecule has 5 heteroatoms. The van der Waals surface area contributed by atoms with Gasteiger partial charge in [-0.05, 0) is 30.5 Å². The summed E-state index contributed by atoms with van der Waals surface area (Å²) in [5.74, 6) is 0.380. The van der Waals surface area contributed by atoms with E-state index >= 15 is 0 Å². The van der Waals surface area contributed by atoms with Crippen LogP contribution in [0.1, 0.15) is 30.6 Å². The Labute approximate surface area is 127 Å². The number of hydrogen-bond acceptors (Lipinski definition) is 2. The molecule has 0 spiro atoms. The summed E-state index contributed by atoms with van der Waals surface area (Å²) in [4.78, 5) is 11.9. The molecule has 1 amide bonds. The van der Waals surface area contributed by atoms with E-state index in [4.69, 9.17) is 16.3 Å². The third kappa shape index (κ3) is 6.41. The van der Waals surface area contributed by atoms with Gasteiger partial charge >= 0.3 is 0 Å². The Kier molecular flexibility index (Phi) is 7.42. The Morgan fingerprint density at radius 3 is 2.89 bits per heavy atom.